The first-order valence-corrected chi connectivity index (χ1v) is 6.99. The van der Waals surface area contributed by atoms with Crippen LogP contribution in [0.1, 0.15) is 17.3 Å². The van der Waals surface area contributed by atoms with Gasteiger partial charge in [-0.05, 0) is 24.6 Å². The highest BCUT2D eigenvalue weighted by Gasteiger charge is 2.15. The molecule has 0 unspecified atom stereocenters. The highest BCUT2D eigenvalue weighted by atomic mass is 32.2. The SMILES string of the molecule is CCOC(=O)c1ccsc1NC(=O)CSC. The van der Waals surface area contributed by atoms with E-state index in [2.05, 4.69) is 5.32 Å². The summed E-state index contributed by atoms with van der Waals surface area (Å²) in [6, 6.07) is 1.65. The van der Waals surface area contributed by atoms with Gasteiger partial charge in [-0.15, -0.1) is 11.3 Å². The van der Waals surface area contributed by atoms with Crippen molar-refractivity contribution >= 4 is 40.0 Å². The summed E-state index contributed by atoms with van der Waals surface area (Å²) in [4.78, 5) is 22.9. The second-order valence-corrected chi connectivity index (χ2v) is 4.65. The van der Waals surface area contributed by atoms with Gasteiger partial charge < -0.3 is 10.1 Å². The second kappa shape index (κ2) is 6.55. The molecule has 0 aromatic carbocycles. The van der Waals surface area contributed by atoms with Crippen LogP contribution in [0.2, 0.25) is 0 Å². The Hall–Kier alpha value is -1.01. The molecule has 0 saturated carbocycles. The highest BCUT2D eigenvalue weighted by Crippen LogP contribution is 2.24. The van der Waals surface area contributed by atoms with Crippen LogP contribution in [-0.2, 0) is 9.53 Å². The number of carbonyl (C=O) groups excluding carboxylic acids is 2. The molecule has 1 aromatic rings. The van der Waals surface area contributed by atoms with E-state index in [9.17, 15) is 9.59 Å². The van der Waals surface area contributed by atoms with Gasteiger partial charge in [0.05, 0.1) is 17.9 Å². The lowest BCUT2D eigenvalue weighted by Crippen LogP contribution is -2.15. The molecule has 1 N–H and O–H groups in total. The third-order valence-corrected chi connectivity index (χ3v) is 3.07. The van der Waals surface area contributed by atoms with Gasteiger partial charge in [0.25, 0.3) is 0 Å². The number of rotatable bonds is 5. The Kier molecular flexibility index (Phi) is 5.34. The number of amides is 1. The summed E-state index contributed by atoms with van der Waals surface area (Å²) < 4.78 is 4.88. The number of ether oxygens (including phenoxy) is 1. The normalized spacial score (nSPS) is 9.88. The molecule has 0 aliphatic heterocycles. The van der Waals surface area contributed by atoms with Gasteiger partial charge in [0.2, 0.25) is 5.91 Å². The average molecular weight is 259 g/mol. The van der Waals surface area contributed by atoms with Crippen LogP contribution in [0, 0.1) is 0 Å². The number of thioether (sulfide) groups is 1. The Labute approximate surface area is 102 Å². The van der Waals surface area contributed by atoms with Gasteiger partial charge >= 0.3 is 5.97 Å². The molecule has 0 aliphatic carbocycles. The summed E-state index contributed by atoms with van der Waals surface area (Å²) in [7, 11) is 0. The van der Waals surface area contributed by atoms with Gasteiger partial charge in [0, 0.05) is 0 Å². The van der Waals surface area contributed by atoms with E-state index in [1.165, 1.54) is 23.1 Å². The Balaban J connectivity index is 2.70. The fraction of sp³-hybridized carbons (Fsp3) is 0.400. The van der Waals surface area contributed by atoms with E-state index in [0.29, 0.717) is 22.9 Å². The number of carbonyl (C=O) groups is 2. The molecular weight excluding hydrogens is 246 g/mol. The van der Waals surface area contributed by atoms with Crippen LogP contribution >= 0.6 is 23.1 Å². The van der Waals surface area contributed by atoms with Crippen molar-refractivity contribution in [2.75, 3.05) is 23.9 Å². The number of nitrogens with one attached hydrogen (secondary N) is 1. The number of hydrogen-bond acceptors (Lipinski definition) is 5. The van der Waals surface area contributed by atoms with Crippen molar-refractivity contribution in [3.63, 3.8) is 0 Å². The van der Waals surface area contributed by atoms with Crippen molar-refractivity contribution < 1.29 is 14.3 Å². The largest absolute Gasteiger partial charge is 0.462 e. The Morgan fingerprint density at radius 2 is 2.31 bits per heavy atom. The summed E-state index contributed by atoms with van der Waals surface area (Å²) in [6.07, 6.45) is 1.85. The molecule has 0 radical (unpaired) electrons. The van der Waals surface area contributed by atoms with E-state index in [1.807, 2.05) is 6.26 Å². The highest BCUT2D eigenvalue weighted by molar-refractivity contribution is 7.99. The van der Waals surface area contributed by atoms with E-state index in [0.717, 1.165) is 0 Å². The van der Waals surface area contributed by atoms with Crippen LogP contribution in [0.15, 0.2) is 11.4 Å². The fourth-order valence-corrected chi connectivity index (χ4v) is 2.20. The molecule has 0 aliphatic rings. The van der Waals surface area contributed by atoms with E-state index in [-0.39, 0.29) is 5.91 Å². The second-order valence-electron chi connectivity index (χ2n) is 2.87. The maximum absolute atomic E-state index is 11.5. The van der Waals surface area contributed by atoms with Gasteiger partial charge in [0.1, 0.15) is 5.00 Å². The summed E-state index contributed by atoms with van der Waals surface area (Å²) in [6.45, 7) is 2.07. The number of hydrogen-bond donors (Lipinski definition) is 1. The van der Waals surface area contributed by atoms with Crippen LogP contribution in [-0.4, -0.2) is 30.5 Å². The molecule has 0 saturated heterocycles. The molecule has 0 bridgehead atoms. The van der Waals surface area contributed by atoms with E-state index in [4.69, 9.17) is 4.74 Å². The zero-order valence-electron chi connectivity index (χ0n) is 9.11. The third-order valence-electron chi connectivity index (χ3n) is 1.69. The molecule has 1 aromatic heterocycles. The first-order valence-electron chi connectivity index (χ1n) is 4.72. The predicted octanol–water partition coefficient (Wildman–Crippen LogP) is 2.23. The fourth-order valence-electron chi connectivity index (χ4n) is 1.07. The third kappa shape index (κ3) is 3.53. The van der Waals surface area contributed by atoms with Crippen LogP contribution in [0.5, 0.6) is 0 Å². The quantitative estimate of drug-likeness (QED) is 0.824. The Bertz CT molecular complexity index is 376. The van der Waals surface area contributed by atoms with Crippen molar-refractivity contribution in [3.8, 4) is 0 Å². The summed E-state index contributed by atoms with van der Waals surface area (Å²) >= 11 is 2.75. The number of esters is 1. The van der Waals surface area contributed by atoms with Crippen molar-refractivity contribution in [1.82, 2.24) is 0 Å². The molecule has 1 heterocycles. The minimum Gasteiger partial charge on any atom is -0.462 e. The molecule has 1 rings (SSSR count). The van der Waals surface area contributed by atoms with Gasteiger partial charge in [-0.2, -0.15) is 11.8 Å². The van der Waals surface area contributed by atoms with E-state index in [1.54, 1.807) is 18.4 Å². The van der Waals surface area contributed by atoms with Crippen molar-refractivity contribution in [2.45, 2.75) is 6.92 Å². The molecule has 6 heteroatoms. The zero-order chi connectivity index (χ0) is 12.0. The van der Waals surface area contributed by atoms with E-state index < -0.39 is 5.97 Å². The molecular formula is C10H13NO3S2. The smallest absolute Gasteiger partial charge is 0.341 e. The monoisotopic (exact) mass is 259 g/mol. The van der Waals surface area contributed by atoms with E-state index >= 15 is 0 Å². The molecule has 0 atom stereocenters. The van der Waals surface area contributed by atoms with Gasteiger partial charge in [-0.1, -0.05) is 0 Å². The summed E-state index contributed by atoms with van der Waals surface area (Å²) in [5, 5.41) is 4.99. The predicted molar refractivity (Wildman–Crippen MR) is 67.3 cm³/mol. The van der Waals surface area contributed by atoms with Gasteiger partial charge in [-0.3, -0.25) is 4.79 Å². The molecule has 0 spiro atoms. The van der Waals surface area contributed by atoms with Crippen molar-refractivity contribution in [2.24, 2.45) is 0 Å². The Morgan fingerprint density at radius 1 is 1.56 bits per heavy atom. The average Bonchev–Trinajstić information content (AvgIpc) is 2.66. The topological polar surface area (TPSA) is 55.4 Å². The van der Waals surface area contributed by atoms with Crippen molar-refractivity contribution in [3.05, 3.63) is 17.0 Å². The van der Waals surface area contributed by atoms with Gasteiger partial charge in [0.15, 0.2) is 0 Å². The zero-order valence-corrected chi connectivity index (χ0v) is 10.7. The lowest BCUT2D eigenvalue weighted by atomic mass is 10.3. The summed E-state index contributed by atoms with van der Waals surface area (Å²) in [5.41, 5.74) is 0.418. The molecule has 16 heavy (non-hydrogen) atoms. The lowest BCUT2D eigenvalue weighted by Gasteiger charge is -2.04. The minimum atomic E-state index is -0.400. The molecule has 4 nitrogen and oxygen atoms in total. The lowest BCUT2D eigenvalue weighted by molar-refractivity contribution is -0.113. The van der Waals surface area contributed by atoms with Crippen LogP contribution < -0.4 is 5.32 Å². The van der Waals surface area contributed by atoms with Crippen LogP contribution in [0.25, 0.3) is 0 Å². The van der Waals surface area contributed by atoms with Crippen LogP contribution in [0.3, 0.4) is 0 Å². The minimum absolute atomic E-state index is 0.111. The maximum Gasteiger partial charge on any atom is 0.341 e. The Morgan fingerprint density at radius 3 is 2.94 bits per heavy atom. The summed E-state index contributed by atoms with van der Waals surface area (Å²) in [5.74, 6) is -0.135. The first-order chi connectivity index (χ1) is 7.69. The number of anilines is 1. The molecule has 88 valence electrons. The standard InChI is InChI=1S/C10H13NO3S2/c1-3-14-10(13)7-4-5-16-9(7)11-8(12)6-15-2/h4-5H,3,6H2,1-2H3,(H,11,12). The molecule has 0 fully saturated rings. The first kappa shape index (κ1) is 13.1. The van der Waals surface area contributed by atoms with Crippen molar-refractivity contribution in [1.29, 1.82) is 0 Å². The molecule has 1 amide bonds. The van der Waals surface area contributed by atoms with Crippen LogP contribution in [0.4, 0.5) is 5.00 Å². The van der Waals surface area contributed by atoms with Gasteiger partial charge in [-0.25, -0.2) is 4.79 Å². The maximum atomic E-state index is 11.5. The number of thiophene rings is 1.